The van der Waals surface area contributed by atoms with Gasteiger partial charge in [0.15, 0.2) is 0 Å². The fourth-order valence-corrected chi connectivity index (χ4v) is 2.53. The predicted molar refractivity (Wildman–Crippen MR) is 56.2 cm³/mol. The minimum Gasteiger partial charge on any atom is -0.493 e. The number of hydrogen-bond donors (Lipinski definition) is 0. The van der Waals surface area contributed by atoms with Crippen molar-refractivity contribution in [2.24, 2.45) is 0 Å². The van der Waals surface area contributed by atoms with Crippen LogP contribution in [0.5, 0.6) is 5.75 Å². The van der Waals surface area contributed by atoms with Crippen molar-refractivity contribution < 1.29 is 4.74 Å². The summed E-state index contributed by atoms with van der Waals surface area (Å²) in [6.45, 7) is 0.850. The molecule has 0 bridgehead atoms. The number of rotatable bonds is 0. The molecule has 0 N–H and O–H groups in total. The molecule has 0 saturated carbocycles. The molecule has 1 aromatic carbocycles. The van der Waals surface area contributed by atoms with Crippen molar-refractivity contribution in [3.05, 3.63) is 33.3 Å². The van der Waals surface area contributed by atoms with Gasteiger partial charge in [0.2, 0.25) is 0 Å². The number of benzene rings is 1. The third-order valence-corrected chi connectivity index (χ3v) is 3.13. The van der Waals surface area contributed by atoms with Gasteiger partial charge in [-0.25, -0.2) is 0 Å². The summed E-state index contributed by atoms with van der Waals surface area (Å²) in [6, 6.07) is 4.44. The van der Waals surface area contributed by atoms with E-state index in [1.54, 1.807) is 0 Å². The van der Waals surface area contributed by atoms with Gasteiger partial charge in [-0.2, -0.15) is 0 Å². The Hall–Kier alpha value is -0.760. The molecular formula is C11H9BrO. The van der Waals surface area contributed by atoms with Gasteiger partial charge < -0.3 is 4.74 Å². The van der Waals surface area contributed by atoms with E-state index in [1.807, 2.05) is 0 Å². The fourth-order valence-electron chi connectivity index (χ4n) is 1.98. The van der Waals surface area contributed by atoms with Crippen LogP contribution in [0.25, 0.3) is 6.08 Å². The molecule has 1 aromatic rings. The standard InChI is InChI=1S/C11H9BrO/c12-10-4-8-3-7-1-2-13-11(7)6-9(8)5-10/h3,5-6H,1-2,4H2. The molecule has 2 aliphatic rings. The lowest BCUT2D eigenvalue weighted by molar-refractivity contribution is 0.356. The molecule has 0 radical (unpaired) electrons. The van der Waals surface area contributed by atoms with E-state index >= 15 is 0 Å². The van der Waals surface area contributed by atoms with Crippen molar-refractivity contribution in [3.63, 3.8) is 0 Å². The van der Waals surface area contributed by atoms with Gasteiger partial charge in [0, 0.05) is 17.3 Å². The smallest absolute Gasteiger partial charge is 0.123 e. The van der Waals surface area contributed by atoms with E-state index in [2.05, 4.69) is 34.1 Å². The number of allylic oxidation sites excluding steroid dienone is 1. The zero-order valence-electron chi connectivity index (χ0n) is 7.14. The summed E-state index contributed by atoms with van der Waals surface area (Å²) in [6.07, 6.45) is 4.29. The van der Waals surface area contributed by atoms with Crippen LogP contribution in [-0.4, -0.2) is 6.61 Å². The van der Waals surface area contributed by atoms with Crippen LogP contribution in [0.3, 0.4) is 0 Å². The maximum absolute atomic E-state index is 5.51. The third kappa shape index (κ3) is 1.12. The van der Waals surface area contributed by atoms with E-state index in [1.165, 1.54) is 21.2 Å². The Morgan fingerprint density at radius 2 is 2.15 bits per heavy atom. The van der Waals surface area contributed by atoms with Crippen LogP contribution in [0.15, 0.2) is 16.6 Å². The van der Waals surface area contributed by atoms with Crippen LogP contribution >= 0.6 is 15.9 Å². The average molecular weight is 237 g/mol. The Kier molecular flexibility index (Phi) is 1.53. The Bertz CT molecular complexity index is 407. The van der Waals surface area contributed by atoms with E-state index in [0.29, 0.717) is 0 Å². The molecule has 66 valence electrons. The van der Waals surface area contributed by atoms with Crippen molar-refractivity contribution in [1.82, 2.24) is 0 Å². The van der Waals surface area contributed by atoms with Gasteiger partial charge in [-0.15, -0.1) is 0 Å². The van der Waals surface area contributed by atoms with E-state index in [4.69, 9.17) is 4.74 Å². The first kappa shape index (κ1) is 7.63. The highest BCUT2D eigenvalue weighted by atomic mass is 79.9. The van der Waals surface area contributed by atoms with Crippen LogP contribution < -0.4 is 4.74 Å². The van der Waals surface area contributed by atoms with Gasteiger partial charge in [0.1, 0.15) is 5.75 Å². The minimum absolute atomic E-state index is 0.850. The summed E-state index contributed by atoms with van der Waals surface area (Å²) in [5.74, 6) is 1.08. The number of hydrogen-bond acceptors (Lipinski definition) is 1. The Morgan fingerprint density at radius 1 is 1.23 bits per heavy atom. The zero-order chi connectivity index (χ0) is 8.84. The van der Waals surface area contributed by atoms with Crippen molar-refractivity contribution in [3.8, 4) is 5.75 Å². The third-order valence-electron chi connectivity index (χ3n) is 2.62. The molecule has 0 unspecified atom stereocenters. The fraction of sp³-hybridized carbons (Fsp3) is 0.273. The molecule has 13 heavy (non-hydrogen) atoms. The second kappa shape index (κ2) is 2.61. The lowest BCUT2D eigenvalue weighted by Crippen LogP contribution is -1.86. The van der Waals surface area contributed by atoms with Crippen molar-refractivity contribution in [2.75, 3.05) is 6.61 Å². The molecule has 0 fully saturated rings. The summed E-state index contributed by atoms with van der Waals surface area (Å²) in [4.78, 5) is 0. The Labute approximate surface area is 85.5 Å². The first-order chi connectivity index (χ1) is 6.33. The number of ether oxygens (including phenoxy) is 1. The molecule has 0 amide bonds. The van der Waals surface area contributed by atoms with Crippen molar-refractivity contribution in [2.45, 2.75) is 12.8 Å². The maximum Gasteiger partial charge on any atom is 0.123 e. The van der Waals surface area contributed by atoms with Gasteiger partial charge in [-0.1, -0.05) is 22.0 Å². The Morgan fingerprint density at radius 3 is 3.08 bits per heavy atom. The zero-order valence-corrected chi connectivity index (χ0v) is 8.73. The van der Waals surface area contributed by atoms with Crippen LogP contribution in [0.2, 0.25) is 0 Å². The van der Waals surface area contributed by atoms with E-state index in [0.717, 1.165) is 25.2 Å². The minimum atomic E-state index is 0.850. The lowest BCUT2D eigenvalue weighted by Gasteiger charge is -2.02. The topological polar surface area (TPSA) is 9.23 Å². The molecule has 0 spiro atoms. The molecular weight excluding hydrogens is 228 g/mol. The van der Waals surface area contributed by atoms with Crippen LogP contribution in [-0.2, 0) is 12.8 Å². The highest BCUT2D eigenvalue weighted by Gasteiger charge is 2.18. The second-order valence-corrected chi connectivity index (χ2v) is 4.54. The first-order valence-corrected chi connectivity index (χ1v) is 5.27. The van der Waals surface area contributed by atoms with Crippen LogP contribution in [0.4, 0.5) is 0 Å². The SMILES string of the molecule is BrC1=Cc2cc3c(cc2C1)CCO3. The first-order valence-electron chi connectivity index (χ1n) is 4.47. The molecule has 0 saturated heterocycles. The summed E-state index contributed by atoms with van der Waals surface area (Å²) in [5.41, 5.74) is 4.11. The van der Waals surface area contributed by atoms with Gasteiger partial charge in [-0.05, 0) is 28.8 Å². The quantitative estimate of drug-likeness (QED) is 0.674. The average Bonchev–Trinajstić information content (AvgIpc) is 2.63. The van der Waals surface area contributed by atoms with E-state index in [9.17, 15) is 0 Å². The number of fused-ring (bicyclic) bond motifs is 2. The molecule has 3 rings (SSSR count). The summed E-state index contributed by atoms with van der Waals surface area (Å²) in [7, 11) is 0. The summed E-state index contributed by atoms with van der Waals surface area (Å²) in [5, 5.41) is 0. The summed E-state index contributed by atoms with van der Waals surface area (Å²) < 4.78 is 6.78. The molecule has 1 heterocycles. The molecule has 1 aliphatic carbocycles. The monoisotopic (exact) mass is 236 g/mol. The van der Waals surface area contributed by atoms with Crippen molar-refractivity contribution >= 4 is 22.0 Å². The normalized spacial score (nSPS) is 17.8. The highest BCUT2D eigenvalue weighted by Crippen LogP contribution is 2.35. The van der Waals surface area contributed by atoms with E-state index in [-0.39, 0.29) is 0 Å². The molecule has 2 heteroatoms. The second-order valence-electron chi connectivity index (χ2n) is 3.53. The van der Waals surface area contributed by atoms with E-state index < -0.39 is 0 Å². The van der Waals surface area contributed by atoms with Crippen LogP contribution in [0, 0.1) is 0 Å². The maximum atomic E-state index is 5.51. The lowest BCUT2D eigenvalue weighted by atomic mass is 10.0. The molecule has 0 atom stereocenters. The Balaban J connectivity index is 2.17. The highest BCUT2D eigenvalue weighted by molar-refractivity contribution is 9.11. The van der Waals surface area contributed by atoms with Crippen molar-refractivity contribution in [1.29, 1.82) is 0 Å². The number of halogens is 1. The largest absolute Gasteiger partial charge is 0.493 e. The predicted octanol–water partition coefficient (Wildman–Crippen LogP) is 2.91. The van der Waals surface area contributed by atoms with Gasteiger partial charge >= 0.3 is 0 Å². The molecule has 0 aromatic heterocycles. The van der Waals surface area contributed by atoms with Gasteiger partial charge in [-0.3, -0.25) is 0 Å². The molecule has 1 aliphatic heterocycles. The molecule has 1 nitrogen and oxygen atoms in total. The van der Waals surface area contributed by atoms with Gasteiger partial charge in [0.05, 0.1) is 6.61 Å². The van der Waals surface area contributed by atoms with Crippen LogP contribution in [0.1, 0.15) is 16.7 Å². The summed E-state index contributed by atoms with van der Waals surface area (Å²) >= 11 is 3.53. The van der Waals surface area contributed by atoms with Gasteiger partial charge in [0.25, 0.3) is 0 Å².